The monoisotopic (exact) mass is 231 g/mol. The van der Waals surface area contributed by atoms with Crippen LogP contribution in [0.3, 0.4) is 0 Å². The third kappa shape index (κ3) is 2.31. The second-order valence-electron chi connectivity index (χ2n) is 4.29. The van der Waals surface area contributed by atoms with E-state index in [-0.39, 0.29) is 12.3 Å². The number of rotatable bonds is 4. The number of carbonyl (C=O) groups is 1. The van der Waals surface area contributed by atoms with E-state index >= 15 is 0 Å². The van der Waals surface area contributed by atoms with Crippen LogP contribution in [-0.4, -0.2) is 17.4 Å². The van der Waals surface area contributed by atoms with Gasteiger partial charge in [-0.05, 0) is 43.1 Å². The smallest absolute Gasteiger partial charge is 0.221 e. The molecule has 0 fully saturated rings. The van der Waals surface area contributed by atoms with E-state index in [4.69, 9.17) is 11.5 Å². The maximum atomic E-state index is 10.9. The summed E-state index contributed by atoms with van der Waals surface area (Å²) < 4.78 is 0. The number of aryl methyl sites for hydroxylation is 1. The topological polar surface area (TPSA) is 84.9 Å². The summed E-state index contributed by atoms with van der Waals surface area (Å²) in [6.07, 6.45) is 1.12. The zero-order chi connectivity index (χ0) is 12.4. The van der Waals surface area contributed by atoms with Gasteiger partial charge < -0.3 is 16.5 Å². The van der Waals surface area contributed by atoms with Crippen molar-refractivity contribution < 1.29 is 4.79 Å². The first-order valence-electron chi connectivity index (χ1n) is 5.70. The molecule has 90 valence electrons. The highest BCUT2D eigenvalue weighted by Crippen LogP contribution is 2.23. The van der Waals surface area contributed by atoms with Crippen molar-refractivity contribution in [3.8, 4) is 0 Å². The first-order valence-corrected chi connectivity index (χ1v) is 5.70. The van der Waals surface area contributed by atoms with Crippen LogP contribution in [0.1, 0.15) is 16.8 Å². The summed E-state index contributed by atoms with van der Waals surface area (Å²) >= 11 is 0. The lowest BCUT2D eigenvalue weighted by Gasteiger charge is -2.01. The third-order valence-corrected chi connectivity index (χ3v) is 2.96. The molecular weight excluding hydrogens is 214 g/mol. The molecule has 2 rings (SSSR count). The van der Waals surface area contributed by atoms with Gasteiger partial charge in [-0.25, -0.2) is 0 Å². The highest BCUT2D eigenvalue weighted by Gasteiger charge is 2.09. The average Bonchev–Trinajstić information content (AvgIpc) is 2.55. The van der Waals surface area contributed by atoms with Crippen LogP contribution in [-0.2, 0) is 17.6 Å². The Hall–Kier alpha value is -1.81. The predicted octanol–water partition coefficient (Wildman–Crippen LogP) is 1.01. The fourth-order valence-electron chi connectivity index (χ4n) is 2.21. The molecule has 1 aromatic heterocycles. The van der Waals surface area contributed by atoms with Crippen LogP contribution < -0.4 is 11.5 Å². The van der Waals surface area contributed by atoms with Gasteiger partial charge in [0.15, 0.2) is 0 Å². The molecule has 4 nitrogen and oxygen atoms in total. The van der Waals surface area contributed by atoms with E-state index in [0.717, 1.165) is 28.6 Å². The second-order valence-corrected chi connectivity index (χ2v) is 4.29. The molecule has 0 saturated heterocycles. The number of aromatic amines is 1. The summed E-state index contributed by atoms with van der Waals surface area (Å²) in [5, 5.41) is 1.15. The number of amides is 1. The van der Waals surface area contributed by atoms with E-state index in [2.05, 4.69) is 4.98 Å². The Morgan fingerprint density at radius 1 is 1.41 bits per heavy atom. The SMILES string of the molecule is Cc1[nH]c2ccc(CC(N)=O)cc2c1CCN. The first-order chi connectivity index (χ1) is 8.11. The van der Waals surface area contributed by atoms with E-state index in [1.165, 1.54) is 5.56 Å². The Kier molecular flexibility index (Phi) is 3.15. The van der Waals surface area contributed by atoms with Crippen molar-refractivity contribution in [3.05, 3.63) is 35.0 Å². The van der Waals surface area contributed by atoms with Gasteiger partial charge in [0.1, 0.15) is 0 Å². The third-order valence-electron chi connectivity index (χ3n) is 2.96. The van der Waals surface area contributed by atoms with Crippen molar-refractivity contribution in [1.82, 2.24) is 4.98 Å². The molecule has 5 N–H and O–H groups in total. The number of aromatic nitrogens is 1. The normalized spacial score (nSPS) is 10.9. The van der Waals surface area contributed by atoms with Crippen LogP contribution in [0.15, 0.2) is 18.2 Å². The van der Waals surface area contributed by atoms with Crippen LogP contribution in [0.4, 0.5) is 0 Å². The van der Waals surface area contributed by atoms with E-state index in [0.29, 0.717) is 6.54 Å². The highest BCUT2D eigenvalue weighted by molar-refractivity contribution is 5.86. The molecule has 1 amide bonds. The fourth-order valence-corrected chi connectivity index (χ4v) is 2.21. The Balaban J connectivity index is 2.50. The fraction of sp³-hybridized carbons (Fsp3) is 0.308. The maximum Gasteiger partial charge on any atom is 0.221 e. The van der Waals surface area contributed by atoms with E-state index in [1.54, 1.807) is 0 Å². The Morgan fingerprint density at radius 3 is 2.82 bits per heavy atom. The number of nitrogens with two attached hydrogens (primary N) is 2. The number of hydrogen-bond donors (Lipinski definition) is 3. The lowest BCUT2D eigenvalue weighted by Crippen LogP contribution is -2.13. The molecule has 1 aromatic carbocycles. The molecule has 2 aromatic rings. The second kappa shape index (κ2) is 4.59. The van der Waals surface area contributed by atoms with Gasteiger partial charge in [0.2, 0.25) is 5.91 Å². The van der Waals surface area contributed by atoms with Crippen molar-refractivity contribution in [2.24, 2.45) is 11.5 Å². The number of benzene rings is 1. The average molecular weight is 231 g/mol. The number of H-pyrrole nitrogens is 1. The predicted molar refractivity (Wildman–Crippen MR) is 68.7 cm³/mol. The number of hydrogen-bond acceptors (Lipinski definition) is 2. The first kappa shape index (κ1) is 11.7. The summed E-state index contributed by atoms with van der Waals surface area (Å²) in [5.74, 6) is -0.308. The summed E-state index contributed by atoms with van der Waals surface area (Å²) in [6.45, 7) is 2.66. The van der Waals surface area contributed by atoms with Gasteiger partial charge in [-0.2, -0.15) is 0 Å². The number of carbonyl (C=O) groups excluding carboxylic acids is 1. The summed E-state index contributed by atoms with van der Waals surface area (Å²) in [6, 6.07) is 5.93. The van der Waals surface area contributed by atoms with Crippen molar-refractivity contribution in [1.29, 1.82) is 0 Å². The Morgan fingerprint density at radius 2 is 2.18 bits per heavy atom. The summed E-state index contributed by atoms with van der Waals surface area (Å²) in [5.41, 5.74) is 15.2. The molecule has 0 atom stereocenters. The van der Waals surface area contributed by atoms with E-state index in [1.807, 2.05) is 25.1 Å². The van der Waals surface area contributed by atoms with Crippen molar-refractivity contribution in [2.45, 2.75) is 19.8 Å². The quantitative estimate of drug-likeness (QED) is 0.733. The van der Waals surface area contributed by atoms with Crippen LogP contribution in [0.2, 0.25) is 0 Å². The van der Waals surface area contributed by atoms with Gasteiger partial charge in [0.25, 0.3) is 0 Å². The molecule has 0 aliphatic heterocycles. The molecule has 1 heterocycles. The minimum atomic E-state index is -0.308. The van der Waals surface area contributed by atoms with Gasteiger partial charge in [0, 0.05) is 16.6 Å². The molecule has 4 heteroatoms. The van der Waals surface area contributed by atoms with Crippen molar-refractivity contribution >= 4 is 16.8 Å². The van der Waals surface area contributed by atoms with Crippen molar-refractivity contribution in [3.63, 3.8) is 0 Å². The minimum absolute atomic E-state index is 0.280. The van der Waals surface area contributed by atoms with Crippen LogP contribution in [0.5, 0.6) is 0 Å². The summed E-state index contributed by atoms with van der Waals surface area (Å²) in [4.78, 5) is 14.2. The zero-order valence-corrected chi connectivity index (χ0v) is 9.92. The molecule has 0 aliphatic carbocycles. The summed E-state index contributed by atoms with van der Waals surface area (Å²) in [7, 11) is 0. The van der Waals surface area contributed by atoms with Gasteiger partial charge >= 0.3 is 0 Å². The zero-order valence-electron chi connectivity index (χ0n) is 9.92. The molecule has 0 radical (unpaired) electrons. The lowest BCUT2D eigenvalue weighted by atomic mass is 10.0. The standard InChI is InChI=1S/C13H17N3O/c1-8-10(4-5-14)11-6-9(7-13(15)17)2-3-12(11)16-8/h2-3,6,16H,4-5,7,14H2,1H3,(H2,15,17). The minimum Gasteiger partial charge on any atom is -0.369 e. The van der Waals surface area contributed by atoms with Gasteiger partial charge in [-0.1, -0.05) is 6.07 Å². The number of fused-ring (bicyclic) bond motifs is 1. The van der Waals surface area contributed by atoms with Gasteiger partial charge in [-0.15, -0.1) is 0 Å². The lowest BCUT2D eigenvalue weighted by molar-refractivity contribution is -0.117. The molecule has 0 unspecified atom stereocenters. The van der Waals surface area contributed by atoms with Crippen LogP contribution in [0, 0.1) is 6.92 Å². The molecule has 0 saturated carbocycles. The molecule has 0 spiro atoms. The van der Waals surface area contributed by atoms with E-state index < -0.39 is 0 Å². The van der Waals surface area contributed by atoms with Gasteiger partial charge in [-0.3, -0.25) is 4.79 Å². The van der Waals surface area contributed by atoms with Crippen molar-refractivity contribution in [2.75, 3.05) is 6.54 Å². The van der Waals surface area contributed by atoms with Crippen LogP contribution in [0.25, 0.3) is 10.9 Å². The highest BCUT2D eigenvalue weighted by atomic mass is 16.1. The Bertz CT molecular complexity index is 557. The molecule has 0 bridgehead atoms. The molecule has 17 heavy (non-hydrogen) atoms. The van der Waals surface area contributed by atoms with Crippen LogP contribution >= 0.6 is 0 Å². The Labute approximate surface area is 100.0 Å². The number of primary amides is 1. The maximum absolute atomic E-state index is 10.9. The molecular formula is C13H17N3O. The van der Waals surface area contributed by atoms with E-state index in [9.17, 15) is 4.79 Å². The molecule has 0 aliphatic rings. The largest absolute Gasteiger partial charge is 0.369 e. The number of nitrogens with one attached hydrogen (secondary N) is 1. The van der Waals surface area contributed by atoms with Gasteiger partial charge in [0.05, 0.1) is 6.42 Å².